The van der Waals surface area contributed by atoms with Gasteiger partial charge in [-0.15, -0.1) is 0 Å². The monoisotopic (exact) mass is 380 g/mol. The summed E-state index contributed by atoms with van der Waals surface area (Å²) in [7, 11) is 0. The van der Waals surface area contributed by atoms with Crippen molar-refractivity contribution in [2.75, 3.05) is 6.61 Å². The van der Waals surface area contributed by atoms with E-state index in [1.54, 1.807) is 25.3 Å². The number of ketones is 1. The Morgan fingerprint density at radius 2 is 2.04 bits per heavy atom. The molecule has 3 rings (SSSR count). The Balaban J connectivity index is 1.90. The van der Waals surface area contributed by atoms with Gasteiger partial charge in [-0.1, -0.05) is 25.3 Å². The molecule has 0 bridgehead atoms. The van der Waals surface area contributed by atoms with Gasteiger partial charge in [0.2, 0.25) is 5.78 Å². The Hall–Kier alpha value is -2.69. The van der Waals surface area contributed by atoms with Crippen LogP contribution >= 0.6 is 0 Å². The van der Waals surface area contributed by atoms with Gasteiger partial charge in [0.15, 0.2) is 0 Å². The van der Waals surface area contributed by atoms with E-state index in [0.717, 1.165) is 17.9 Å². The van der Waals surface area contributed by atoms with Crippen molar-refractivity contribution in [3.63, 3.8) is 0 Å². The molecule has 5 nitrogen and oxygen atoms in total. The summed E-state index contributed by atoms with van der Waals surface area (Å²) in [5, 5.41) is 0. The Morgan fingerprint density at radius 3 is 2.71 bits per heavy atom. The van der Waals surface area contributed by atoms with E-state index in [1.807, 2.05) is 29.7 Å². The summed E-state index contributed by atoms with van der Waals surface area (Å²) < 4.78 is 7.19. The van der Waals surface area contributed by atoms with Gasteiger partial charge in [-0.2, -0.15) is 0 Å². The minimum atomic E-state index is -0.370. The molecule has 2 aromatic rings. The summed E-state index contributed by atoms with van der Waals surface area (Å²) in [6.45, 7) is 4.76. The van der Waals surface area contributed by atoms with E-state index >= 15 is 0 Å². The van der Waals surface area contributed by atoms with Gasteiger partial charge in [0.25, 0.3) is 0 Å². The molecule has 0 atom stereocenters. The fraction of sp³-hybridized carbons (Fsp3) is 0.435. The molecule has 0 aromatic carbocycles. The molecule has 0 radical (unpaired) electrons. The third-order valence-corrected chi connectivity index (χ3v) is 5.37. The highest BCUT2D eigenvalue weighted by Gasteiger charge is 2.24. The number of hydrogen-bond acceptors (Lipinski definition) is 4. The second kappa shape index (κ2) is 9.49. The number of carbonyl (C=O) groups is 2. The van der Waals surface area contributed by atoms with E-state index in [9.17, 15) is 9.59 Å². The van der Waals surface area contributed by atoms with Crippen LogP contribution in [0, 0.1) is 12.8 Å². The van der Waals surface area contributed by atoms with E-state index in [4.69, 9.17) is 4.74 Å². The Morgan fingerprint density at radius 1 is 1.25 bits per heavy atom. The Bertz CT molecular complexity index is 846. The summed E-state index contributed by atoms with van der Waals surface area (Å²) >= 11 is 0. The maximum absolute atomic E-state index is 12.9. The topological polar surface area (TPSA) is 61.2 Å². The number of rotatable bonds is 7. The minimum absolute atomic E-state index is 0.125. The van der Waals surface area contributed by atoms with Crippen molar-refractivity contribution >= 4 is 17.8 Å². The van der Waals surface area contributed by atoms with E-state index in [-0.39, 0.29) is 11.8 Å². The van der Waals surface area contributed by atoms with E-state index < -0.39 is 0 Å². The Labute approximate surface area is 166 Å². The predicted molar refractivity (Wildman–Crippen MR) is 109 cm³/mol. The van der Waals surface area contributed by atoms with Crippen LogP contribution in [0.4, 0.5) is 0 Å². The fourth-order valence-corrected chi connectivity index (χ4v) is 3.85. The average Bonchev–Trinajstić information content (AvgIpc) is 3.04. The maximum Gasteiger partial charge on any atom is 0.339 e. The van der Waals surface area contributed by atoms with Crippen LogP contribution in [0.1, 0.15) is 71.3 Å². The van der Waals surface area contributed by atoms with Crippen molar-refractivity contribution in [3.05, 3.63) is 59.2 Å². The normalized spacial score (nSPS) is 15.1. The number of ether oxygens (including phenoxy) is 1. The number of nitrogens with zero attached hydrogens (tertiary/aromatic N) is 2. The highest BCUT2D eigenvalue weighted by molar-refractivity contribution is 6.07. The number of pyridine rings is 1. The predicted octanol–water partition coefficient (Wildman–Crippen LogP) is 4.84. The van der Waals surface area contributed by atoms with E-state index in [0.29, 0.717) is 23.8 Å². The lowest BCUT2D eigenvalue weighted by Crippen LogP contribution is -2.18. The summed E-state index contributed by atoms with van der Waals surface area (Å²) in [5.74, 6) is 0.0477. The average molecular weight is 380 g/mol. The number of carbonyl (C=O) groups excluding carboxylic acids is 2. The van der Waals surface area contributed by atoms with Crippen molar-refractivity contribution in [2.45, 2.75) is 52.5 Å². The minimum Gasteiger partial charge on any atom is -0.462 e. The highest BCUT2D eigenvalue weighted by atomic mass is 16.5. The molecule has 0 spiro atoms. The SMILES string of the molecule is CCOC(=O)c1cc(C(=O)/C=C/c2ccccn2)n(CC2CCCCC2)c1C. The van der Waals surface area contributed by atoms with Crippen LogP contribution in [0.3, 0.4) is 0 Å². The van der Waals surface area contributed by atoms with Crippen LogP contribution in [0.5, 0.6) is 0 Å². The first-order valence-electron chi connectivity index (χ1n) is 10.1. The third-order valence-electron chi connectivity index (χ3n) is 5.37. The van der Waals surface area contributed by atoms with E-state index in [1.165, 1.54) is 38.2 Å². The third kappa shape index (κ3) is 4.77. The van der Waals surface area contributed by atoms with E-state index in [2.05, 4.69) is 4.98 Å². The molecular weight excluding hydrogens is 352 g/mol. The number of allylic oxidation sites excluding steroid dienone is 1. The number of esters is 1. The molecule has 0 saturated heterocycles. The zero-order valence-electron chi connectivity index (χ0n) is 16.7. The largest absolute Gasteiger partial charge is 0.462 e. The molecule has 1 aliphatic rings. The van der Waals surface area contributed by atoms with Crippen LogP contribution in [0.25, 0.3) is 6.08 Å². The summed E-state index contributed by atoms with van der Waals surface area (Å²) in [6.07, 6.45) is 11.0. The van der Waals surface area contributed by atoms with Crippen molar-refractivity contribution in [1.82, 2.24) is 9.55 Å². The molecule has 2 aromatic heterocycles. The molecular formula is C23H28N2O3. The summed E-state index contributed by atoms with van der Waals surface area (Å²) in [6, 6.07) is 7.25. The zero-order valence-corrected chi connectivity index (χ0v) is 16.7. The van der Waals surface area contributed by atoms with Crippen molar-refractivity contribution in [1.29, 1.82) is 0 Å². The second-order valence-corrected chi connectivity index (χ2v) is 7.32. The Kier molecular flexibility index (Phi) is 6.80. The standard InChI is InChI=1S/C23H28N2O3/c1-3-28-23(27)20-15-21(22(26)13-12-19-11-7-8-14-24-19)25(17(20)2)16-18-9-5-4-6-10-18/h7-8,11-15,18H,3-6,9-10,16H2,1-2H3/b13-12+. The van der Waals surface area contributed by atoms with Gasteiger partial charge >= 0.3 is 5.97 Å². The van der Waals surface area contributed by atoms with Crippen LogP contribution in [0.2, 0.25) is 0 Å². The lowest BCUT2D eigenvalue weighted by Gasteiger charge is -2.23. The first-order chi connectivity index (χ1) is 13.6. The first-order valence-corrected chi connectivity index (χ1v) is 10.1. The molecule has 2 heterocycles. The number of hydrogen-bond donors (Lipinski definition) is 0. The molecule has 0 aliphatic heterocycles. The molecule has 1 aliphatic carbocycles. The quantitative estimate of drug-likeness (QED) is 0.392. The van der Waals surface area contributed by atoms with Crippen molar-refractivity contribution in [3.8, 4) is 0 Å². The summed E-state index contributed by atoms with van der Waals surface area (Å²) in [4.78, 5) is 29.5. The van der Waals surface area contributed by atoms with Gasteiger partial charge in [0.1, 0.15) is 0 Å². The van der Waals surface area contributed by atoms with Gasteiger partial charge in [0.05, 0.1) is 23.6 Å². The zero-order chi connectivity index (χ0) is 19.9. The molecule has 5 heteroatoms. The molecule has 0 unspecified atom stereocenters. The maximum atomic E-state index is 12.9. The van der Waals surface area contributed by atoms with Gasteiger partial charge in [-0.25, -0.2) is 4.79 Å². The molecule has 0 amide bonds. The smallest absolute Gasteiger partial charge is 0.339 e. The number of aromatic nitrogens is 2. The highest BCUT2D eigenvalue weighted by Crippen LogP contribution is 2.28. The van der Waals surface area contributed by atoms with Gasteiger partial charge in [-0.3, -0.25) is 9.78 Å². The van der Waals surface area contributed by atoms with Crippen molar-refractivity contribution < 1.29 is 14.3 Å². The van der Waals surface area contributed by atoms with Gasteiger partial charge < -0.3 is 9.30 Å². The molecule has 148 valence electrons. The molecule has 1 saturated carbocycles. The van der Waals surface area contributed by atoms with Crippen LogP contribution in [0.15, 0.2) is 36.5 Å². The van der Waals surface area contributed by atoms with Gasteiger partial charge in [0, 0.05) is 18.4 Å². The summed E-state index contributed by atoms with van der Waals surface area (Å²) in [5.41, 5.74) is 2.55. The first kappa shape index (κ1) is 20.1. The van der Waals surface area contributed by atoms with Gasteiger partial charge in [-0.05, 0) is 63.0 Å². The fourth-order valence-electron chi connectivity index (χ4n) is 3.85. The molecule has 0 N–H and O–H groups in total. The van der Waals surface area contributed by atoms with Crippen LogP contribution in [-0.4, -0.2) is 27.9 Å². The molecule has 1 fully saturated rings. The van der Waals surface area contributed by atoms with Crippen LogP contribution < -0.4 is 0 Å². The lowest BCUT2D eigenvalue weighted by molar-refractivity contribution is 0.0525. The van der Waals surface area contributed by atoms with Crippen molar-refractivity contribution in [2.24, 2.45) is 5.92 Å². The second-order valence-electron chi connectivity index (χ2n) is 7.32. The molecule has 28 heavy (non-hydrogen) atoms. The van der Waals surface area contributed by atoms with Crippen LogP contribution in [-0.2, 0) is 11.3 Å². The lowest BCUT2D eigenvalue weighted by atomic mass is 9.89.